The number of carbonyl (C=O) groups excluding carboxylic acids is 1. The molecule has 1 aromatic rings. The van der Waals surface area contributed by atoms with Gasteiger partial charge in [0, 0.05) is 26.2 Å². The molecule has 2 rings (SSSR count). The first-order valence-electron chi connectivity index (χ1n) is 7.01. The Bertz CT molecular complexity index is 510. The molecule has 1 aromatic carbocycles. The maximum absolute atomic E-state index is 13.2. The van der Waals surface area contributed by atoms with E-state index in [1.807, 2.05) is 0 Å². The normalized spacial score (nSPS) is 22.4. The molecule has 2 atom stereocenters. The van der Waals surface area contributed by atoms with Gasteiger partial charge in [-0.1, -0.05) is 6.07 Å². The second-order valence-electron chi connectivity index (χ2n) is 5.28. The molecular weight excluding hydrogens is 278 g/mol. The van der Waals surface area contributed by atoms with Gasteiger partial charge in [0.1, 0.15) is 0 Å². The third kappa shape index (κ3) is 3.77. The summed E-state index contributed by atoms with van der Waals surface area (Å²) >= 11 is 0. The van der Waals surface area contributed by atoms with Crippen LogP contribution in [-0.4, -0.2) is 43.2 Å². The minimum Gasteiger partial charge on any atom is -0.381 e. The fraction of sp³-hybridized carbons (Fsp3) is 0.533. The number of methoxy groups -OCH3 is 1. The minimum absolute atomic E-state index is 0.0470. The summed E-state index contributed by atoms with van der Waals surface area (Å²) in [5.41, 5.74) is 6.19. The fourth-order valence-electron chi connectivity index (χ4n) is 2.71. The number of benzene rings is 1. The largest absolute Gasteiger partial charge is 0.381 e. The van der Waals surface area contributed by atoms with Crippen LogP contribution < -0.4 is 5.73 Å². The van der Waals surface area contributed by atoms with Crippen molar-refractivity contribution in [1.82, 2.24) is 4.90 Å². The van der Waals surface area contributed by atoms with Gasteiger partial charge in [-0.2, -0.15) is 0 Å². The molecule has 0 saturated carbocycles. The van der Waals surface area contributed by atoms with Crippen molar-refractivity contribution in [2.24, 2.45) is 5.73 Å². The minimum atomic E-state index is -0.936. The molecule has 1 aliphatic rings. The summed E-state index contributed by atoms with van der Waals surface area (Å²) in [7, 11) is 1.65. The Hall–Kier alpha value is -1.53. The molecule has 116 valence electrons. The number of hydrogen-bond acceptors (Lipinski definition) is 3. The van der Waals surface area contributed by atoms with Crippen LogP contribution in [0, 0.1) is 11.6 Å². The lowest BCUT2D eigenvalue weighted by Crippen LogP contribution is -2.51. The summed E-state index contributed by atoms with van der Waals surface area (Å²) < 4.78 is 31.4. The highest BCUT2D eigenvalue weighted by atomic mass is 19.2. The maximum Gasteiger partial charge on any atom is 0.227 e. The Morgan fingerprint density at radius 1 is 1.43 bits per heavy atom. The van der Waals surface area contributed by atoms with Crippen LogP contribution in [0.5, 0.6) is 0 Å². The summed E-state index contributed by atoms with van der Waals surface area (Å²) in [5, 5.41) is 0. The third-order valence-electron chi connectivity index (χ3n) is 3.93. The fourth-order valence-corrected chi connectivity index (χ4v) is 2.71. The lowest BCUT2D eigenvalue weighted by atomic mass is 9.98. The van der Waals surface area contributed by atoms with E-state index in [2.05, 4.69) is 0 Å². The number of amides is 1. The molecule has 0 bridgehead atoms. The lowest BCUT2D eigenvalue weighted by Gasteiger charge is -2.38. The molecule has 0 spiro atoms. The van der Waals surface area contributed by atoms with Gasteiger partial charge in [0.05, 0.1) is 12.5 Å². The van der Waals surface area contributed by atoms with Gasteiger partial charge in [0.15, 0.2) is 11.6 Å². The van der Waals surface area contributed by atoms with Crippen molar-refractivity contribution in [2.75, 3.05) is 20.2 Å². The number of likely N-dealkylation sites (tertiary alicyclic amines) is 1. The SMILES string of the molecule is COC1CCN(C(=O)Cc2ccc(F)c(F)c2)C(CN)C1. The van der Waals surface area contributed by atoms with E-state index in [-0.39, 0.29) is 24.5 Å². The van der Waals surface area contributed by atoms with Crippen molar-refractivity contribution in [3.05, 3.63) is 35.4 Å². The first-order chi connectivity index (χ1) is 10.0. The lowest BCUT2D eigenvalue weighted by molar-refractivity contribution is -0.136. The van der Waals surface area contributed by atoms with Gasteiger partial charge in [-0.3, -0.25) is 4.79 Å². The smallest absolute Gasteiger partial charge is 0.227 e. The predicted molar refractivity (Wildman–Crippen MR) is 74.6 cm³/mol. The molecule has 0 aromatic heterocycles. The monoisotopic (exact) mass is 298 g/mol. The van der Waals surface area contributed by atoms with Crippen LogP contribution in [0.15, 0.2) is 18.2 Å². The quantitative estimate of drug-likeness (QED) is 0.916. The predicted octanol–water partition coefficient (Wildman–Crippen LogP) is 1.47. The van der Waals surface area contributed by atoms with E-state index in [9.17, 15) is 13.6 Å². The molecule has 1 aliphatic heterocycles. The number of nitrogens with zero attached hydrogens (tertiary/aromatic N) is 1. The Morgan fingerprint density at radius 3 is 2.81 bits per heavy atom. The summed E-state index contributed by atoms with van der Waals surface area (Å²) in [6.45, 7) is 0.937. The van der Waals surface area contributed by atoms with Crippen LogP contribution >= 0.6 is 0 Å². The average molecular weight is 298 g/mol. The van der Waals surface area contributed by atoms with Crippen molar-refractivity contribution >= 4 is 5.91 Å². The van der Waals surface area contributed by atoms with Crippen molar-refractivity contribution in [2.45, 2.75) is 31.4 Å². The Labute approximate surface area is 122 Å². The Kier molecular flexibility index (Phi) is 5.25. The summed E-state index contributed by atoms with van der Waals surface area (Å²) in [4.78, 5) is 14.1. The number of carbonyl (C=O) groups is 1. The zero-order valence-corrected chi connectivity index (χ0v) is 12.0. The van der Waals surface area contributed by atoms with Gasteiger partial charge < -0.3 is 15.4 Å². The van der Waals surface area contributed by atoms with E-state index in [4.69, 9.17) is 10.5 Å². The van der Waals surface area contributed by atoms with Crippen LogP contribution in [0.25, 0.3) is 0 Å². The first-order valence-corrected chi connectivity index (χ1v) is 7.01. The highest BCUT2D eigenvalue weighted by Gasteiger charge is 2.30. The van der Waals surface area contributed by atoms with Crippen LogP contribution in [0.4, 0.5) is 8.78 Å². The zero-order valence-electron chi connectivity index (χ0n) is 12.0. The Morgan fingerprint density at radius 2 is 2.19 bits per heavy atom. The molecule has 0 aliphatic carbocycles. The highest BCUT2D eigenvalue weighted by molar-refractivity contribution is 5.79. The first kappa shape index (κ1) is 15.9. The zero-order chi connectivity index (χ0) is 15.4. The number of ether oxygens (including phenoxy) is 1. The number of halogens is 2. The molecule has 1 fully saturated rings. The van der Waals surface area contributed by atoms with E-state index in [0.29, 0.717) is 25.1 Å². The molecular formula is C15H20F2N2O2. The van der Waals surface area contributed by atoms with Crippen LogP contribution in [0.1, 0.15) is 18.4 Å². The molecule has 1 amide bonds. The van der Waals surface area contributed by atoms with Gasteiger partial charge in [-0.05, 0) is 30.5 Å². The second-order valence-corrected chi connectivity index (χ2v) is 5.28. The van der Waals surface area contributed by atoms with Crippen molar-refractivity contribution in [3.8, 4) is 0 Å². The molecule has 4 nitrogen and oxygen atoms in total. The molecule has 2 N–H and O–H groups in total. The number of hydrogen-bond donors (Lipinski definition) is 1. The number of piperidine rings is 1. The van der Waals surface area contributed by atoms with E-state index in [1.165, 1.54) is 6.07 Å². The summed E-state index contributed by atoms with van der Waals surface area (Å²) in [6.07, 6.45) is 1.63. The van der Waals surface area contributed by atoms with Crippen molar-refractivity contribution in [3.63, 3.8) is 0 Å². The van der Waals surface area contributed by atoms with Crippen LogP contribution in [-0.2, 0) is 16.0 Å². The Balaban J connectivity index is 2.03. The summed E-state index contributed by atoms with van der Waals surface area (Å²) in [5.74, 6) is -1.97. The number of rotatable bonds is 4. The average Bonchev–Trinajstić information content (AvgIpc) is 2.50. The standard InChI is InChI=1S/C15H20F2N2O2/c1-21-12-4-5-19(11(8-12)9-18)15(20)7-10-2-3-13(16)14(17)6-10/h2-3,6,11-12H,4-5,7-9,18H2,1H3. The van der Waals surface area contributed by atoms with Crippen LogP contribution in [0.3, 0.4) is 0 Å². The van der Waals surface area contributed by atoms with Gasteiger partial charge in [-0.15, -0.1) is 0 Å². The van der Waals surface area contributed by atoms with Gasteiger partial charge in [0.2, 0.25) is 5.91 Å². The van der Waals surface area contributed by atoms with Gasteiger partial charge >= 0.3 is 0 Å². The second kappa shape index (κ2) is 6.95. The van der Waals surface area contributed by atoms with E-state index in [1.54, 1.807) is 12.0 Å². The third-order valence-corrected chi connectivity index (χ3v) is 3.93. The van der Waals surface area contributed by atoms with E-state index < -0.39 is 11.6 Å². The molecule has 1 saturated heterocycles. The molecule has 2 unspecified atom stereocenters. The topological polar surface area (TPSA) is 55.6 Å². The highest BCUT2D eigenvalue weighted by Crippen LogP contribution is 2.20. The molecule has 6 heteroatoms. The summed E-state index contributed by atoms with van der Waals surface area (Å²) in [6, 6.07) is 3.46. The molecule has 21 heavy (non-hydrogen) atoms. The van der Waals surface area contributed by atoms with E-state index in [0.717, 1.165) is 18.6 Å². The van der Waals surface area contributed by atoms with Gasteiger partial charge in [-0.25, -0.2) is 8.78 Å². The van der Waals surface area contributed by atoms with E-state index >= 15 is 0 Å². The molecule has 0 radical (unpaired) electrons. The number of nitrogens with two attached hydrogens (primary N) is 1. The maximum atomic E-state index is 13.2. The van der Waals surface area contributed by atoms with Crippen molar-refractivity contribution in [1.29, 1.82) is 0 Å². The molecule has 1 heterocycles. The van der Waals surface area contributed by atoms with Crippen molar-refractivity contribution < 1.29 is 18.3 Å². The van der Waals surface area contributed by atoms with Gasteiger partial charge in [0.25, 0.3) is 0 Å². The van der Waals surface area contributed by atoms with Crippen LogP contribution in [0.2, 0.25) is 0 Å².